The van der Waals surface area contributed by atoms with Gasteiger partial charge in [-0.25, -0.2) is 4.39 Å². The zero-order chi connectivity index (χ0) is 20.9. The normalized spacial score (nSPS) is 15.4. The standard InChI is InChI=1S/C25H28FN3O/c1-28(25(30)22-8-9-24-21(17-22)6-4-13-27-24)18-19-10-14-29(15-11-19)16-12-20-5-2-3-7-23(20)26/h2-9,13,17,19H,10-12,14-16,18H2,1H3. The Morgan fingerprint density at radius 1 is 1.13 bits per heavy atom. The molecule has 0 atom stereocenters. The van der Waals surface area contributed by atoms with E-state index in [1.165, 1.54) is 6.07 Å². The molecule has 3 aromatic rings. The Balaban J connectivity index is 1.26. The van der Waals surface area contributed by atoms with E-state index >= 15 is 0 Å². The first-order valence-corrected chi connectivity index (χ1v) is 10.7. The molecule has 0 bridgehead atoms. The number of carbonyl (C=O) groups excluding carboxylic acids is 1. The largest absolute Gasteiger partial charge is 0.341 e. The van der Waals surface area contributed by atoms with Gasteiger partial charge in [0.1, 0.15) is 5.82 Å². The zero-order valence-electron chi connectivity index (χ0n) is 17.4. The van der Waals surface area contributed by atoms with Crippen LogP contribution in [0.5, 0.6) is 0 Å². The molecule has 1 aliphatic heterocycles. The van der Waals surface area contributed by atoms with E-state index in [2.05, 4.69) is 9.88 Å². The number of piperidine rings is 1. The average molecular weight is 406 g/mol. The van der Waals surface area contributed by atoms with E-state index in [-0.39, 0.29) is 11.7 Å². The van der Waals surface area contributed by atoms with Crippen molar-refractivity contribution in [1.82, 2.24) is 14.8 Å². The highest BCUT2D eigenvalue weighted by Gasteiger charge is 2.22. The molecule has 1 fully saturated rings. The highest BCUT2D eigenvalue weighted by Crippen LogP contribution is 2.20. The number of amides is 1. The van der Waals surface area contributed by atoms with Crippen molar-refractivity contribution in [3.63, 3.8) is 0 Å². The SMILES string of the molecule is CN(CC1CCN(CCc2ccccc2F)CC1)C(=O)c1ccc2ncccc2c1. The number of hydrogen-bond donors (Lipinski definition) is 0. The van der Waals surface area contributed by atoms with Crippen LogP contribution in [0, 0.1) is 11.7 Å². The van der Waals surface area contributed by atoms with Gasteiger partial charge in [0.25, 0.3) is 5.91 Å². The van der Waals surface area contributed by atoms with Gasteiger partial charge in [0.15, 0.2) is 0 Å². The maximum atomic E-state index is 13.8. The first-order valence-electron chi connectivity index (χ1n) is 10.7. The number of benzene rings is 2. The summed E-state index contributed by atoms with van der Waals surface area (Å²) in [6.07, 6.45) is 4.64. The van der Waals surface area contributed by atoms with Gasteiger partial charge in [-0.1, -0.05) is 24.3 Å². The lowest BCUT2D eigenvalue weighted by Gasteiger charge is -2.34. The molecule has 4 rings (SSSR count). The molecule has 2 heterocycles. The Kier molecular flexibility index (Phi) is 6.38. The van der Waals surface area contributed by atoms with Crippen molar-refractivity contribution in [3.8, 4) is 0 Å². The van der Waals surface area contributed by atoms with Crippen molar-refractivity contribution in [2.45, 2.75) is 19.3 Å². The molecule has 1 aliphatic rings. The first kappa shape index (κ1) is 20.5. The van der Waals surface area contributed by atoms with Crippen LogP contribution in [0.4, 0.5) is 4.39 Å². The van der Waals surface area contributed by atoms with Gasteiger partial charge in [0.05, 0.1) is 5.52 Å². The molecule has 0 N–H and O–H groups in total. The van der Waals surface area contributed by atoms with E-state index in [1.54, 1.807) is 12.3 Å². The number of pyridine rings is 1. The van der Waals surface area contributed by atoms with Crippen molar-refractivity contribution < 1.29 is 9.18 Å². The van der Waals surface area contributed by atoms with E-state index in [4.69, 9.17) is 0 Å². The van der Waals surface area contributed by atoms with Crippen LogP contribution in [0.2, 0.25) is 0 Å². The molecule has 0 saturated carbocycles. The second-order valence-corrected chi connectivity index (χ2v) is 8.22. The van der Waals surface area contributed by atoms with Crippen LogP contribution in [0.3, 0.4) is 0 Å². The van der Waals surface area contributed by atoms with Crippen LogP contribution in [0.1, 0.15) is 28.8 Å². The molecule has 1 saturated heterocycles. The molecular formula is C25H28FN3O. The Hall–Kier alpha value is -2.79. The van der Waals surface area contributed by atoms with Crippen molar-refractivity contribution in [2.24, 2.45) is 5.92 Å². The van der Waals surface area contributed by atoms with Gasteiger partial charge < -0.3 is 9.80 Å². The summed E-state index contributed by atoms with van der Waals surface area (Å²) in [6, 6.07) is 16.6. The average Bonchev–Trinajstić information content (AvgIpc) is 2.78. The summed E-state index contributed by atoms with van der Waals surface area (Å²) in [4.78, 5) is 21.4. The third kappa shape index (κ3) is 4.85. The van der Waals surface area contributed by atoms with Crippen molar-refractivity contribution >= 4 is 16.8 Å². The van der Waals surface area contributed by atoms with Crippen LogP contribution in [0.15, 0.2) is 60.8 Å². The van der Waals surface area contributed by atoms with Gasteiger partial charge in [-0.2, -0.15) is 0 Å². The number of carbonyl (C=O) groups is 1. The summed E-state index contributed by atoms with van der Waals surface area (Å²) in [5.74, 6) is 0.450. The number of aromatic nitrogens is 1. The fourth-order valence-electron chi connectivity index (χ4n) is 4.27. The Morgan fingerprint density at radius 2 is 1.93 bits per heavy atom. The lowest BCUT2D eigenvalue weighted by atomic mass is 9.95. The second-order valence-electron chi connectivity index (χ2n) is 8.22. The first-order chi connectivity index (χ1) is 14.6. The number of rotatable bonds is 6. The number of halogens is 1. The lowest BCUT2D eigenvalue weighted by Crippen LogP contribution is -2.40. The molecule has 30 heavy (non-hydrogen) atoms. The van der Waals surface area contributed by atoms with Gasteiger partial charge in [-0.3, -0.25) is 9.78 Å². The molecular weight excluding hydrogens is 377 g/mol. The summed E-state index contributed by atoms with van der Waals surface area (Å²) in [7, 11) is 1.89. The van der Waals surface area contributed by atoms with Crippen molar-refractivity contribution in [2.75, 3.05) is 33.2 Å². The molecule has 2 aromatic carbocycles. The molecule has 0 spiro atoms. The van der Waals surface area contributed by atoms with E-state index in [9.17, 15) is 9.18 Å². The zero-order valence-corrected chi connectivity index (χ0v) is 17.4. The van der Waals surface area contributed by atoms with Crippen LogP contribution >= 0.6 is 0 Å². The Bertz CT molecular complexity index is 1010. The van der Waals surface area contributed by atoms with E-state index in [1.807, 2.05) is 54.4 Å². The van der Waals surface area contributed by atoms with Crippen LogP contribution in [0.25, 0.3) is 10.9 Å². The molecule has 1 amide bonds. The van der Waals surface area contributed by atoms with E-state index < -0.39 is 0 Å². The molecule has 0 unspecified atom stereocenters. The Labute approximate surface area is 177 Å². The van der Waals surface area contributed by atoms with Crippen LogP contribution in [-0.2, 0) is 6.42 Å². The second kappa shape index (κ2) is 9.35. The Morgan fingerprint density at radius 3 is 2.73 bits per heavy atom. The van der Waals surface area contributed by atoms with Crippen LogP contribution in [-0.4, -0.2) is 53.9 Å². The van der Waals surface area contributed by atoms with Gasteiger partial charge in [0, 0.05) is 37.3 Å². The smallest absolute Gasteiger partial charge is 0.253 e. The van der Waals surface area contributed by atoms with Gasteiger partial charge in [-0.05, 0) is 74.2 Å². The van der Waals surface area contributed by atoms with Crippen LogP contribution < -0.4 is 0 Å². The summed E-state index contributed by atoms with van der Waals surface area (Å²) < 4.78 is 13.8. The lowest BCUT2D eigenvalue weighted by molar-refractivity contribution is 0.0740. The molecule has 156 valence electrons. The van der Waals surface area contributed by atoms with Crippen molar-refractivity contribution in [3.05, 3.63) is 77.7 Å². The highest BCUT2D eigenvalue weighted by molar-refractivity contribution is 5.97. The maximum Gasteiger partial charge on any atom is 0.253 e. The number of fused-ring (bicyclic) bond motifs is 1. The molecule has 0 aliphatic carbocycles. The minimum atomic E-state index is -0.114. The van der Waals surface area contributed by atoms with E-state index in [0.29, 0.717) is 11.5 Å². The van der Waals surface area contributed by atoms with Crippen molar-refractivity contribution in [1.29, 1.82) is 0 Å². The number of hydrogen-bond acceptors (Lipinski definition) is 3. The molecule has 0 radical (unpaired) electrons. The van der Waals surface area contributed by atoms with Gasteiger partial charge in [-0.15, -0.1) is 0 Å². The minimum absolute atomic E-state index is 0.0581. The predicted octanol–water partition coefficient (Wildman–Crippen LogP) is 4.40. The topological polar surface area (TPSA) is 36.4 Å². The maximum absolute atomic E-state index is 13.8. The number of likely N-dealkylation sites (tertiary alicyclic amines) is 1. The summed E-state index contributed by atoms with van der Waals surface area (Å²) in [5, 5.41) is 0.986. The van der Waals surface area contributed by atoms with E-state index in [0.717, 1.165) is 61.9 Å². The highest BCUT2D eigenvalue weighted by atomic mass is 19.1. The fourth-order valence-corrected chi connectivity index (χ4v) is 4.27. The summed E-state index contributed by atoms with van der Waals surface area (Å²) in [6.45, 7) is 3.66. The minimum Gasteiger partial charge on any atom is -0.341 e. The molecule has 1 aromatic heterocycles. The quantitative estimate of drug-likeness (QED) is 0.610. The summed E-state index contributed by atoms with van der Waals surface area (Å²) >= 11 is 0. The number of nitrogens with zero attached hydrogens (tertiary/aromatic N) is 3. The summed E-state index contributed by atoms with van der Waals surface area (Å²) in [5.41, 5.74) is 2.40. The predicted molar refractivity (Wildman–Crippen MR) is 118 cm³/mol. The third-order valence-electron chi connectivity index (χ3n) is 6.09. The third-order valence-corrected chi connectivity index (χ3v) is 6.09. The molecule has 4 nitrogen and oxygen atoms in total. The fraction of sp³-hybridized carbons (Fsp3) is 0.360. The molecule has 5 heteroatoms. The van der Waals surface area contributed by atoms with Gasteiger partial charge in [0.2, 0.25) is 0 Å². The van der Waals surface area contributed by atoms with Gasteiger partial charge >= 0.3 is 0 Å². The monoisotopic (exact) mass is 405 g/mol.